The molecule has 0 aliphatic rings. The number of aliphatic hydroxyl groups excluding tert-OH is 1. The number of rotatable bonds is 5. The summed E-state index contributed by atoms with van der Waals surface area (Å²) in [5.74, 6) is -1.06. The van der Waals surface area contributed by atoms with Gasteiger partial charge in [-0.05, 0) is 12.1 Å². The maximum absolute atomic E-state index is 13.2. The molecule has 5 nitrogen and oxygen atoms in total. The molecule has 1 aromatic rings. The number of benzene rings is 1. The average Bonchev–Trinajstić information content (AvgIpc) is 2.17. The first kappa shape index (κ1) is 12.7. The smallest absolute Gasteiger partial charge is 0.234 e. The zero-order chi connectivity index (χ0) is 12.2. The minimum Gasteiger partial charge on any atom is -0.494 e. The van der Waals surface area contributed by atoms with Crippen molar-refractivity contribution in [2.24, 2.45) is 0 Å². The van der Waals surface area contributed by atoms with Crippen molar-refractivity contribution in [1.82, 2.24) is 0 Å². The van der Waals surface area contributed by atoms with Crippen molar-refractivity contribution in [2.45, 2.75) is 0 Å². The van der Waals surface area contributed by atoms with Gasteiger partial charge in [0.05, 0.1) is 25.2 Å². The number of sulfonamides is 1. The van der Waals surface area contributed by atoms with Gasteiger partial charge >= 0.3 is 0 Å². The molecule has 16 heavy (non-hydrogen) atoms. The third kappa shape index (κ3) is 3.35. The van der Waals surface area contributed by atoms with E-state index in [1.54, 1.807) is 0 Å². The molecule has 0 spiro atoms. The highest BCUT2D eigenvalue weighted by Gasteiger charge is 2.11. The van der Waals surface area contributed by atoms with E-state index in [2.05, 4.69) is 9.46 Å². The average molecular weight is 249 g/mol. The topological polar surface area (TPSA) is 75.6 Å². The van der Waals surface area contributed by atoms with Crippen LogP contribution in [0.25, 0.3) is 0 Å². The molecule has 1 aromatic carbocycles. The van der Waals surface area contributed by atoms with Crippen LogP contribution in [-0.2, 0) is 10.0 Å². The number of ether oxygens (including phenoxy) is 1. The molecule has 7 heteroatoms. The largest absolute Gasteiger partial charge is 0.494 e. The number of hydrogen-bond donors (Lipinski definition) is 2. The molecule has 0 amide bonds. The van der Waals surface area contributed by atoms with Crippen LogP contribution in [0.3, 0.4) is 0 Å². The molecule has 0 unspecified atom stereocenters. The molecule has 0 saturated carbocycles. The van der Waals surface area contributed by atoms with Crippen LogP contribution >= 0.6 is 0 Å². The number of hydrogen-bond acceptors (Lipinski definition) is 4. The van der Waals surface area contributed by atoms with E-state index in [1.807, 2.05) is 0 Å². The number of nitrogens with one attached hydrogen (secondary N) is 1. The zero-order valence-corrected chi connectivity index (χ0v) is 9.42. The Hall–Kier alpha value is -1.34. The summed E-state index contributed by atoms with van der Waals surface area (Å²) in [6, 6.07) is 3.69. The van der Waals surface area contributed by atoms with Crippen LogP contribution in [-0.4, -0.2) is 33.0 Å². The summed E-state index contributed by atoms with van der Waals surface area (Å²) < 4.78 is 42.5. The molecule has 0 aromatic heterocycles. The van der Waals surface area contributed by atoms with Crippen molar-refractivity contribution >= 4 is 15.7 Å². The van der Waals surface area contributed by atoms with E-state index in [-0.39, 0.29) is 11.4 Å². The third-order valence-electron chi connectivity index (χ3n) is 1.79. The van der Waals surface area contributed by atoms with Gasteiger partial charge in [-0.2, -0.15) is 0 Å². The van der Waals surface area contributed by atoms with Crippen LogP contribution in [0, 0.1) is 5.82 Å². The van der Waals surface area contributed by atoms with Crippen LogP contribution in [0.2, 0.25) is 0 Å². The summed E-state index contributed by atoms with van der Waals surface area (Å²) in [5, 5.41) is 8.50. The van der Waals surface area contributed by atoms with Crippen LogP contribution in [0.15, 0.2) is 18.2 Å². The van der Waals surface area contributed by atoms with E-state index < -0.39 is 28.2 Å². The molecule has 0 aliphatic heterocycles. The van der Waals surface area contributed by atoms with E-state index in [9.17, 15) is 12.8 Å². The maximum atomic E-state index is 13.2. The van der Waals surface area contributed by atoms with E-state index in [1.165, 1.54) is 19.2 Å². The van der Waals surface area contributed by atoms with Crippen molar-refractivity contribution in [2.75, 3.05) is 24.2 Å². The Labute approximate surface area is 92.9 Å². The van der Waals surface area contributed by atoms with Crippen molar-refractivity contribution in [3.8, 4) is 5.75 Å². The second-order valence-corrected chi connectivity index (χ2v) is 4.84. The Kier molecular flexibility index (Phi) is 4.08. The van der Waals surface area contributed by atoms with Gasteiger partial charge < -0.3 is 9.84 Å². The normalized spacial score (nSPS) is 11.2. The lowest BCUT2D eigenvalue weighted by Gasteiger charge is -2.08. The monoisotopic (exact) mass is 249 g/mol. The van der Waals surface area contributed by atoms with Crippen molar-refractivity contribution in [1.29, 1.82) is 0 Å². The summed E-state index contributed by atoms with van der Waals surface area (Å²) in [4.78, 5) is 0. The molecular weight excluding hydrogens is 237 g/mol. The lowest BCUT2D eigenvalue weighted by atomic mass is 10.3. The molecule has 90 valence electrons. The van der Waals surface area contributed by atoms with Crippen molar-refractivity contribution < 1.29 is 22.7 Å². The number of aliphatic hydroxyl groups is 1. The van der Waals surface area contributed by atoms with E-state index in [4.69, 9.17) is 5.11 Å². The maximum Gasteiger partial charge on any atom is 0.234 e. The number of anilines is 1. The van der Waals surface area contributed by atoms with E-state index in [0.717, 1.165) is 6.07 Å². The van der Waals surface area contributed by atoms with Crippen molar-refractivity contribution in [3.63, 3.8) is 0 Å². The molecule has 0 heterocycles. The molecule has 0 saturated heterocycles. The highest BCUT2D eigenvalue weighted by molar-refractivity contribution is 7.92. The van der Waals surface area contributed by atoms with Gasteiger partial charge in [0, 0.05) is 6.07 Å². The third-order valence-corrected chi connectivity index (χ3v) is 3.05. The highest BCUT2D eigenvalue weighted by atomic mass is 32.2. The van der Waals surface area contributed by atoms with Gasteiger partial charge in [-0.25, -0.2) is 12.8 Å². The summed E-state index contributed by atoms with van der Waals surface area (Å²) in [5.41, 5.74) is 0.0896. The van der Waals surface area contributed by atoms with Crippen LogP contribution in [0.1, 0.15) is 0 Å². The van der Waals surface area contributed by atoms with Crippen LogP contribution in [0.5, 0.6) is 5.75 Å². The first-order valence-corrected chi connectivity index (χ1v) is 6.08. The standard InChI is InChI=1S/C9H12FNO4S/c1-15-9-3-2-7(6-8(9)10)11-16(13,14)5-4-12/h2-3,6,11-12H,4-5H2,1H3. The fourth-order valence-electron chi connectivity index (χ4n) is 1.08. The van der Waals surface area contributed by atoms with Gasteiger partial charge in [-0.15, -0.1) is 0 Å². The molecule has 0 bridgehead atoms. The Balaban J connectivity index is 2.87. The second kappa shape index (κ2) is 5.13. The molecule has 1 rings (SSSR count). The second-order valence-electron chi connectivity index (χ2n) is 2.99. The Morgan fingerprint density at radius 1 is 1.50 bits per heavy atom. The highest BCUT2D eigenvalue weighted by Crippen LogP contribution is 2.21. The van der Waals surface area contributed by atoms with E-state index >= 15 is 0 Å². The summed E-state index contributed by atoms with van der Waals surface area (Å²) in [6.07, 6.45) is 0. The van der Waals surface area contributed by atoms with Gasteiger partial charge in [0.2, 0.25) is 10.0 Å². The molecule has 0 aliphatic carbocycles. The summed E-state index contributed by atoms with van der Waals surface area (Å²) in [7, 11) is -2.32. The number of methoxy groups -OCH3 is 1. The van der Waals surface area contributed by atoms with Gasteiger partial charge in [-0.3, -0.25) is 4.72 Å². The van der Waals surface area contributed by atoms with Crippen molar-refractivity contribution in [3.05, 3.63) is 24.0 Å². The molecule has 0 fully saturated rings. The lowest BCUT2D eigenvalue weighted by Crippen LogP contribution is -2.18. The van der Waals surface area contributed by atoms with Gasteiger partial charge in [-0.1, -0.05) is 0 Å². The minimum atomic E-state index is -3.63. The van der Waals surface area contributed by atoms with Crippen LogP contribution in [0.4, 0.5) is 10.1 Å². The fourth-order valence-corrected chi connectivity index (χ4v) is 1.91. The SMILES string of the molecule is COc1ccc(NS(=O)(=O)CCO)cc1F. The predicted molar refractivity (Wildman–Crippen MR) is 57.4 cm³/mol. The molecule has 2 N–H and O–H groups in total. The van der Waals surface area contributed by atoms with E-state index in [0.29, 0.717) is 0 Å². The minimum absolute atomic E-state index is 0.0325. The Morgan fingerprint density at radius 3 is 2.69 bits per heavy atom. The summed E-state index contributed by atoms with van der Waals surface area (Å²) >= 11 is 0. The summed E-state index contributed by atoms with van der Waals surface area (Å²) in [6.45, 7) is -0.492. The quantitative estimate of drug-likeness (QED) is 0.800. The van der Waals surface area contributed by atoms with Gasteiger partial charge in [0.25, 0.3) is 0 Å². The van der Waals surface area contributed by atoms with Gasteiger partial charge in [0.1, 0.15) is 0 Å². The zero-order valence-electron chi connectivity index (χ0n) is 8.60. The lowest BCUT2D eigenvalue weighted by molar-refractivity contribution is 0.320. The molecular formula is C9H12FNO4S. The number of halogens is 1. The molecule has 0 atom stereocenters. The first-order chi connectivity index (χ1) is 7.48. The van der Waals surface area contributed by atoms with Gasteiger partial charge in [0.15, 0.2) is 11.6 Å². The first-order valence-electron chi connectivity index (χ1n) is 4.43. The molecule has 0 radical (unpaired) electrons. The predicted octanol–water partition coefficient (Wildman–Crippen LogP) is 0.568. The van der Waals surface area contributed by atoms with Crippen LogP contribution < -0.4 is 9.46 Å². The fraction of sp³-hybridized carbons (Fsp3) is 0.333. The Bertz CT molecular complexity index is 461. The Morgan fingerprint density at radius 2 is 2.19 bits per heavy atom.